The molecule has 0 aromatic heterocycles. The van der Waals surface area contributed by atoms with Crippen LogP contribution in [-0.2, 0) is 9.47 Å². The van der Waals surface area contributed by atoms with Crippen LogP contribution in [0.3, 0.4) is 0 Å². The van der Waals surface area contributed by atoms with E-state index in [1.807, 2.05) is 6.92 Å². The van der Waals surface area contributed by atoms with Crippen LogP contribution in [0.5, 0.6) is 0 Å². The lowest BCUT2D eigenvalue weighted by atomic mass is 10.1. The average Bonchev–Trinajstić information content (AvgIpc) is 3.13. The first-order valence-electron chi connectivity index (χ1n) is 8.84. The molecular formula is C18H28FN3O3. The number of aliphatic imine (C=N–C) groups is 1. The van der Waals surface area contributed by atoms with Crippen LogP contribution in [0.15, 0.2) is 29.3 Å². The summed E-state index contributed by atoms with van der Waals surface area (Å²) in [6.45, 7) is 5.60. The minimum absolute atomic E-state index is 0.0895. The Morgan fingerprint density at radius 3 is 3.00 bits per heavy atom. The Bertz CT molecular complexity index is 536. The minimum Gasteiger partial charge on any atom is -0.386 e. The third kappa shape index (κ3) is 6.97. The number of aliphatic hydroxyl groups excluding tert-OH is 1. The Hall–Kier alpha value is -1.70. The zero-order valence-electron chi connectivity index (χ0n) is 14.7. The molecule has 1 aliphatic heterocycles. The summed E-state index contributed by atoms with van der Waals surface area (Å²) < 4.78 is 24.6. The van der Waals surface area contributed by atoms with Crippen LogP contribution < -0.4 is 10.6 Å². The number of guanidine groups is 1. The smallest absolute Gasteiger partial charge is 0.191 e. The fourth-order valence-electron chi connectivity index (χ4n) is 2.54. The number of aliphatic hydroxyl groups is 1. The van der Waals surface area contributed by atoms with Crippen molar-refractivity contribution < 1.29 is 19.0 Å². The number of rotatable bonds is 9. The molecule has 0 amide bonds. The van der Waals surface area contributed by atoms with E-state index in [1.165, 1.54) is 6.07 Å². The molecule has 0 bridgehead atoms. The number of nitrogens with one attached hydrogen (secondary N) is 2. The lowest BCUT2D eigenvalue weighted by Crippen LogP contribution is -2.38. The van der Waals surface area contributed by atoms with Crippen molar-refractivity contribution in [3.63, 3.8) is 0 Å². The van der Waals surface area contributed by atoms with Gasteiger partial charge < -0.3 is 25.2 Å². The van der Waals surface area contributed by atoms with Gasteiger partial charge in [0, 0.05) is 31.9 Å². The van der Waals surface area contributed by atoms with Crippen LogP contribution in [0, 0.1) is 5.82 Å². The van der Waals surface area contributed by atoms with E-state index < -0.39 is 11.9 Å². The van der Waals surface area contributed by atoms with E-state index in [0.29, 0.717) is 32.3 Å². The van der Waals surface area contributed by atoms with Gasteiger partial charge in [0.05, 0.1) is 19.3 Å². The molecule has 6 nitrogen and oxygen atoms in total. The van der Waals surface area contributed by atoms with Crippen LogP contribution >= 0.6 is 0 Å². The summed E-state index contributed by atoms with van der Waals surface area (Å²) in [5.41, 5.74) is 0.259. The highest BCUT2D eigenvalue weighted by Gasteiger charge is 2.15. The maximum atomic E-state index is 13.7. The molecule has 1 heterocycles. The summed E-state index contributed by atoms with van der Waals surface area (Å²) in [7, 11) is 0. The van der Waals surface area contributed by atoms with E-state index in [1.54, 1.807) is 18.2 Å². The molecule has 0 aliphatic carbocycles. The fraction of sp³-hybridized carbons (Fsp3) is 0.611. The molecule has 1 saturated heterocycles. The third-order valence-corrected chi connectivity index (χ3v) is 3.89. The second-order valence-electron chi connectivity index (χ2n) is 5.89. The van der Waals surface area contributed by atoms with E-state index in [4.69, 9.17) is 9.47 Å². The van der Waals surface area contributed by atoms with Crippen molar-refractivity contribution in [2.24, 2.45) is 4.99 Å². The van der Waals surface area contributed by atoms with Gasteiger partial charge in [-0.25, -0.2) is 4.39 Å². The molecule has 3 N–H and O–H groups in total. The zero-order chi connectivity index (χ0) is 17.9. The zero-order valence-corrected chi connectivity index (χ0v) is 14.7. The molecule has 1 aromatic rings. The molecular weight excluding hydrogens is 325 g/mol. The van der Waals surface area contributed by atoms with Crippen molar-refractivity contribution in [2.75, 3.05) is 39.5 Å². The van der Waals surface area contributed by atoms with E-state index in [9.17, 15) is 9.50 Å². The van der Waals surface area contributed by atoms with Crippen molar-refractivity contribution in [1.82, 2.24) is 10.6 Å². The van der Waals surface area contributed by atoms with E-state index in [2.05, 4.69) is 15.6 Å². The maximum absolute atomic E-state index is 13.7. The number of benzene rings is 1. The summed E-state index contributed by atoms with van der Waals surface area (Å²) in [6, 6.07) is 6.20. The van der Waals surface area contributed by atoms with Gasteiger partial charge in [-0.15, -0.1) is 0 Å². The molecule has 1 fully saturated rings. The standard InChI is InChI=1S/C18H28FN3O3/c1-2-20-18(21-9-5-10-25-14-8-11-24-13-14)22-12-17(23)15-6-3-4-7-16(15)19/h3-4,6-7,14,17,23H,2,5,8-13H2,1H3,(H2,20,21,22). The van der Waals surface area contributed by atoms with Gasteiger partial charge in [-0.05, 0) is 25.8 Å². The number of ether oxygens (including phenoxy) is 2. The van der Waals surface area contributed by atoms with E-state index in [-0.39, 0.29) is 18.2 Å². The van der Waals surface area contributed by atoms with Crippen LogP contribution in [-0.4, -0.2) is 56.6 Å². The van der Waals surface area contributed by atoms with Gasteiger partial charge in [-0.3, -0.25) is 4.99 Å². The molecule has 0 spiro atoms. The van der Waals surface area contributed by atoms with Crippen LogP contribution in [0.4, 0.5) is 4.39 Å². The topological polar surface area (TPSA) is 75.1 Å². The molecule has 2 rings (SSSR count). The van der Waals surface area contributed by atoms with Gasteiger partial charge in [0.15, 0.2) is 5.96 Å². The second kappa shape index (κ2) is 11.0. The molecule has 2 atom stereocenters. The number of hydrogen-bond donors (Lipinski definition) is 3. The maximum Gasteiger partial charge on any atom is 0.191 e. The van der Waals surface area contributed by atoms with Gasteiger partial charge in [-0.2, -0.15) is 0 Å². The normalized spacial score (nSPS) is 19.0. The van der Waals surface area contributed by atoms with Gasteiger partial charge >= 0.3 is 0 Å². The first-order chi connectivity index (χ1) is 12.2. The number of halogens is 1. The van der Waals surface area contributed by atoms with Crippen LogP contribution in [0.25, 0.3) is 0 Å². The van der Waals surface area contributed by atoms with Crippen molar-refractivity contribution in [3.8, 4) is 0 Å². The predicted octanol–water partition coefficient (Wildman–Crippen LogP) is 1.61. The van der Waals surface area contributed by atoms with Gasteiger partial charge in [0.25, 0.3) is 0 Å². The Morgan fingerprint density at radius 1 is 1.44 bits per heavy atom. The SMILES string of the molecule is CCNC(=NCC(O)c1ccccc1F)NCCCOC1CCOC1. The predicted molar refractivity (Wildman–Crippen MR) is 95.1 cm³/mol. The lowest BCUT2D eigenvalue weighted by Gasteiger charge is -2.14. The Labute approximate surface area is 148 Å². The molecule has 1 aromatic carbocycles. The molecule has 0 saturated carbocycles. The van der Waals surface area contributed by atoms with Crippen molar-refractivity contribution in [3.05, 3.63) is 35.6 Å². The Morgan fingerprint density at radius 2 is 2.28 bits per heavy atom. The molecule has 1 aliphatic rings. The Kier molecular flexibility index (Phi) is 8.65. The van der Waals surface area contributed by atoms with Crippen LogP contribution in [0.2, 0.25) is 0 Å². The Balaban J connectivity index is 1.72. The van der Waals surface area contributed by atoms with Crippen molar-refractivity contribution in [2.45, 2.75) is 32.0 Å². The van der Waals surface area contributed by atoms with Gasteiger partial charge in [0.1, 0.15) is 11.9 Å². The van der Waals surface area contributed by atoms with Crippen molar-refractivity contribution >= 4 is 5.96 Å². The minimum atomic E-state index is -0.970. The summed E-state index contributed by atoms with van der Waals surface area (Å²) in [4.78, 5) is 4.32. The van der Waals surface area contributed by atoms with Gasteiger partial charge in [0.2, 0.25) is 0 Å². The van der Waals surface area contributed by atoms with Crippen LogP contribution in [0.1, 0.15) is 31.4 Å². The number of nitrogens with zero attached hydrogens (tertiary/aromatic N) is 1. The second-order valence-corrected chi connectivity index (χ2v) is 5.89. The van der Waals surface area contributed by atoms with Crippen molar-refractivity contribution in [1.29, 1.82) is 0 Å². The van der Waals surface area contributed by atoms with E-state index in [0.717, 1.165) is 19.4 Å². The summed E-state index contributed by atoms with van der Waals surface area (Å²) >= 11 is 0. The molecule has 2 unspecified atom stereocenters. The largest absolute Gasteiger partial charge is 0.386 e. The summed E-state index contributed by atoms with van der Waals surface area (Å²) in [5, 5.41) is 16.4. The monoisotopic (exact) mass is 353 g/mol. The van der Waals surface area contributed by atoms with Gasteiger partial charge in [-0.1, -0.05) is 18.2 Å². The number of hydrogen-bond acceptors (Lipinski definition) is 4. The first kappa shape index (κ1) is 19.6. The fourth-order valence-corrected chi connectivity index (χ4v) is 2.54. The molecule has 0 radical (unpaired) electrons. The van der Waals surface area contributed by atoms with E-state index >= 15 is 0 Å². The quantitative estimate of drug-likeness (QED) is 0.357. The molecule has 7 heteroatoms. The average molecular weight is 353 g/mol. The third-order valence-electron chi connectivity index (χ3n) is 3.89. The highest BCUT2D eigenvalue weighted by molar-refractivity contribution is 5.79. The molecule has 25 heavy (non-hydrogen) atoms. The highest BCUT2D eigenvalue weighted by Crippen LogP contribution is 2.16. The highest BCUT2D eigenvalue weighted by atomic mass is 19.1. The molecule has 140 valence electrons. The first-order valence-corrected chi connectivity index (χ1v) is 8.84. The lowest BCUT2D eigenvalue weighted by molar-refractivity contribution is 0.0420. The summed E-state index contributed by atoms with van der Waals surface area (Å²) in [6.07, 6.45) is 1.06. The summed E-state index contributed by atoms with van der Waals surface area (Å²) in [5.74, 6) is 0.179.